The van der Waals surface area contributed by atoms with E-state index in [-0.39, 0.29) is 11.6 Å². The number of imide groups is 1. The summed E-state index contributed by atoms with van der Waals surface area (Å²) in [5, 5.41) is 5.75. The van der Waals surface area contributed by atoms with Crippen LogP contribution in [0.25, 0.3) is 16.3 Å². The van der Waals surface area contributed by atoms with Gasteiger partial charge in [-0.3, -0.25) is 9.59 Å². The van der Waals surface area contributed by atoms with Crippen LogP contribution in [-0.2, 0) is 9.59 Å². The quantitative estimate of drug-likeness (QED) is 0.386. The Hall–Kier alpha value is -3.89. The van der Waals surface area contributed by atoms with Gasteiger partial charge in [0.2, 0.25) is 0 Å². The second-order valence-corrected chi connectivity index (χ2v) is 8.08. The highest BCUT2D eigenvalue weighted by molar-refractivity contribution is 6.46. The molecule has 0 saturated carbocycles. The molecular formula is C27H19ClN2O2. The van der Waals surface area contributed by atoms with E-state index in [1.807, 2.05) is 79.7 Å². The van der Waals surface area contributed by atoms with Crippen LogP contribution in [0.1, 0.15) is 11.1 Å². The second-order valence-electron chi connectivity index (χ2n) is 7.64. The Morgan fingerprint density at radius 3 is 2.31 bits per heavy atom. The van der Waals surface area contributed by atoms with Gasteiger partial charge < -0.3 is 5.32 Å². The predicted octanol–water partition coefficient (Wildman–Crippen LogP) is 6.20. The first kappa shape index (κ1) is 20.0. The number of amides is 2. The highest BCUT2D eigenvalue weighted by Gasteiger charge is 2.41. The number of hydrogen-bond donors (Lipinski definition) is 1. The van der Waals surface area contributed by atoms with Gasteiger partial charge in [0, 0.05) is 16.1 Å². The molecule has 0 atom stereocenters. The molecule has 1 heterocycles. The number of hydrogen-bond acceptors (Lipinski definition) is 3. The Kier molecular flexibility index (Phi) is 5.00. The van der Waals surface area contributed by atoms with Gasteiger partial charge in [-0.2, -0.15) is 0 Å². The van der Waals surface area contributed by atoms with Gasteiger partial charge in [0.1, 0.15) is 5.70 Å². The van der Waals surface area contributed by atoms with Gasteiger partial charge >= 0.3 is 0 Å². The third kappa shape index (κ3) is 3.35. The molecule has 5 rings (SSSR count). The number of fused-ring (bicyclic) bond motifs is 1. The lowest BCUT2D eigenvalue weighted by molar-refractivity contribution is -0.120. The molecule has 156 valence electrons. The number of nitrogens with one attached hydrogen (secondary N) is 1. The third-order valence-electron chi connectivity index (χ3n) is 5.61. The lowest BCUT2D eigenvalue weighted by Gasteiger charge is -2.18. The fourth-order valence-corrected chi connectivity index (χ4v) is 4.20. The molecule has 1 aliphatic rings. The Balaban J connectivity index is 1.68. The number of halogens is 1. The number of carbonyl (C=O) groups is 2. The molecule has 32 heavy (non-hydrogen) atoms. The molecule has 0 unspecified atom stereocenters. The molecule has 4 nitrogen and oxygen atoms in total. The molecule has 0 aromatic heterocycles. The van der Waals surface area contributed by atoms with Gasteiger partial charge in [0.05, 0.1) is 11.3 Å². The van der Waals surface area contributed by atoms with Crippen LogP contribution in [0.15, 0.2) is 96.7 Å². The summed E-state index contributed by atoms with van der Waals surface area (Å²) < 4.78 is 0. The van der Waals surface area contributed by atoms with E-state index in [0.29, 0.717) is 21.8 Å². The fourth-order valence-electron chi connectivity index (χ4n) is 4.03. The summed E-state index contributed by atoms with van der Waals surface area (Å²) in [6, 6.07) is 28.2. The van der Waals surface area contributed by atoms with E-state index in [1.54, 1.807) is 18.2 Å². The van der Waals surface area contributed by atoms with Crippen molar-refractivity contribution in [3.63, 3.8) is 0 Å². The van der Waals surface area contributed by atoms with Crippen molar-refractivity contribution in [2.24, 2.45) is 0 Å². The van der Waals surface area contributed by atoms with Gasteiger partial charge in [0.15, 0.2) is 0 Å². The number of rotatable bonds is 4. The molecule has 1 N–H and O–H groups in total. The van der Waals surface area contributed by atoms with E-state index >= 15 is 0 Å². The number of anilines is 2. The van der Waals surface area contributed by atoms with E-state index in [2.05, 4.69) is 5.32 Å². The maximum Gasteiger partial charge on any atom is 0.282 e. The zero-order chi connectivity index (χ0) is 22.2. The number of benzene rings is 4. The normalized spacial score (nSPS) is 13.9. The standard InChI is InChI=1S/C27H19ClN2O2/c1-17-14-15-20(28)16-23(17)30-26(31)24(19-9-3-2-4-10-19)25(27(30)32)29-22-13-7-11-18-8-5-6-12-21(18)22/h2-16,29H,1H3. The fraction of sp³-hybridized carbons (Fsp3) is 0.0370. The van der Waals surface area contributed by atoms with Crippen LogP contribution in [0.3, 0.4) is 0 Å². The van der Waals surface area contributed by atoms with E-state index in [4.69, 9.17) is 11.6 Å². The lowest BCUT2D eigenvalue weighted by Crippen LogP contribution is -2.33. The van der Waals surface area contributed by atoms with Gasteiger partial charge in [-0.25, -0.2) is 4.90 Å². The molecule has 5 heteroatoms. The van der Waals surface area contributed by atoms with E-state index < -0.39 is 5.91 Å². The third-order valence-corrected chi connectivity index (χ3v) is 5.84. The molecular weight excluding hydrogens is 420 g/mol. The first-order chi connectivity index (χ1) is 15.5. The van der Waals surface area contributed by atoms with Gasteiger partial charge in [-0.05, 0) is 41.6 Å². The molecule has 1 aliphatic heterocycles. The van der Waals surface area contributed by atoms with Crippen molar-refractivity contribution < 1.29 is 9.59 Å². The van der Waals surface area contributed by atoms with Gasteiger partial charge in [-0.15, -0.1) is 0 Å². The molecule has 4 aromatic carbocycles. The molecule has 4 aromatic rings. The summed E-state index contributed by atoms with van der Waals surface area (Å²) in [5.41, 5.74) is 3.29. The summed E-state index contributed by atoms with van der Waals surface area (Å²) >= 11 is 6.20. The average Bonchev–Trinajstić information content (AvgIpc) is 3.05. The van der Waals surface area contributed by atoms with Crippen LogP contribution in [0, 0.1) is 6.92 Å². The van der Waals surface area contributed by atoms with Crippen LogP contribution in [0.5, 0.6) is 0 Å². The summed E-state index contributed by atoms with van der Waals surface area (Å²) in [7, 11) is 0. The first-order valence-electron chi connectivity index (χ1n) is 10.2. The van der Waals surface area contributed by atoms with Crippen molar-refractivity contribution in [2.75, 3.05) is 10.2 Å². The van der Waals surface area contributed by atoms with E-state index in [9.17, 15) is 9.59 Å². The Bertz CT molecular complexity index is 1400. The Morgan fingerprint density at radius 2 is 1.50 bits per heavy atom. The monoisotopic (exact) mass is 438 g/mol. The first-order valence-corrected chi connectivity index (χ1v) is 10.6. The van der Waals surface area contributed by atoms with Crippen molar-refractivity contribution in [1.29, 1.82) is 0 Å². The minimum Gasteiger partial charge on any atom is -0.350 e. The Morgan fingerprint density at radius 1 is 0.781 bits per heavy atom. The Labute approximate surface area is 190 Å². The summed E-state index contributed by atoms with van der Waals surface area (Å²) in [4.78, 5) is 28.5. The SMILES string of the molecule is Cc1ccc(Cl)cc1N1C(=O)C(Nc2cccc3ccccc23)=C(c2ccccc2)C1=O. The maximum atomic E-state index is 13.6. The number of nitrogens with zero attached hydrogens (tertiary/aromatic N) is 1. The summed E-state index contributed by atoms with van der Waals surface area (Å²) in [6.45, 7) is 1.85. The molecule has 0 bridgehead atoms. The van der Waals surface area contributed by atoms with E-state index in [0.717, 1.165) is 22.0 Å². The smallest absolute Gasteiger partial charge is 0.282 e. The molecule has 0 fully saturated rings. The minimum atomic E-state index is -0.410. The maximum absolute atomic E-state index is 13.6. The van der Waals surface area contributed by atoms with Crippen LogP contribution < -0.4 is 10.2 Å². The second kappa shape index (κ2) is 7.98. The van der Waals surface area contributed by atoms with Crippen molar-refractivity contribution >= 4 is 51.1 Å². The van der Waals surface area contributed by atoms with Crippen LogP contribution in [0.2, 0.25) is 5.02 Å². The van der Waals surface area contributed by atoms with Crippen LogP contribution >= 0.6 is 11.6 Å². The van der Waals surface area contributed by atoms with Crippen LogP contribution in [0.4, 0.5) is 11.4 Å². The number of aryl methyl sites for hydroxylation is 1. The highest BCUT2D eigenvalue weighted by atomic mass is 35.5. The summed E-state index contributed by atoms with van der Waals surface area (Å²) in [5.74, 6) is -0.790. The van der Waals surface area contributed by atoms with Crippen molar-refractivity contribution in [2.45, 2.75) is 6.92 Å². The summed E-state index contributed by atoms with van der Waals surface area (Å²) in [6.07, 6.45) is 0. The van der Waals surface area contributed by atoms with Crippen LogP contribution in [-0.4, -0.2) is 11.8 Å². The zero-order valence-corrected chi connectivity index (χ0v) is 18.1. The number of carbonyl (C=O) groups excluding carboxylic acids is 2. The largest absolute Gasteiger partial charge is 0.350 e. The van der Waals surface area contributed by atoms with Crippen molar-refractivity contribution in [1.82, 2.24) is 0 Å². The lowest BCUT2D eigenvalue weighted by atomic mass is 10.0. The predicted molar refractivity (Wildman–Crippen MR) is 130 cm³/mol. The molecule has 0 saturated heterocycles. The molecule has 2 amide bonds. The van der Waals surface area contributed by atoms with E-state index in [1.165, 1.54) is 4.90 Å². The topological polar surface area (TPSA) is 49.4 Å². The molecule has 0 spiro atoms. The zero-order valence-electron chi connectivity index (χ0n) is 17.3. The molecule has 0 radical (unpaired) electrons. The minimum absolute atomic E-state index is 0.247. The average molecular weight is 439 g/mol. The van der Waals surface area contributed by atoms with Gasteiger partial charge in [0.25, 0.3) is 11.8 Å². The highest BCUT2D eigenvalue weighted by Crippen LogP contribution is 2.37. The van der Waals surface area contributed by atoms with Gasteiger partial charge in [-0.1, -0.05) is 84.4 Å². The van der Waals surface area contributed by atoms with Crippen molar-refractivity contribution in [3.8, 4) is 0 Å². The molecule has 0 aliphatic carbocycles. The van der Waals surface area contributed by atoms with Crippen molar-refractivity contribution in [3.05, 3.63) is 113 Å².